The summed E-state index contributed by atoms with van der Waals surface area (Å²) in [5, 5.41) is 10.1. The van der Waals surface area contributed by atoms with Gasteiger partial charge in [-0.25, -0.2) is 4.98 Å². The lowest BCUT2D eigenvalue weighted by Crippen LogP contribution is -2.51. The van der Waals surface area contributed by atoms with Crippen LogP contribution in [0.3, 0.4) is 0 Å². The maximum Gasteiger partial charge on any atom is 0.321 e. The standard InChI is InChI=1S/C23H25N3O6/c1-4-32-22(29)19-20(14-9-10-17(27)18(13-14)31-3)26-16-8-6-5-7-15(16)24-23(26)25(21(19)28)11-12-30-2/h5-10,13,19-20,27H,4,11-12H2,1-3H3/t19-,20-/m1/s1. The molecule has 2 atom stereocenters. The number of ether oxygens (including phenoxy) is 3. The second-order valence-corrected chi connectivity index (χ2v) is 7.36. The Kier molecular flexibility index (Phi) is 6.00. The zero-order valence-electron chi connectivity index (χ0n) is 18.1. The fraction of sp³-hybridized carbons (Fsp3) is 0.348. The molecule has 0 saturated heterocycles. The lowest BCUT2D eigenvalue weighted by molar-refractivity contribution is -0.153. The van der Waals surface area contributed by atoms with Crippen molar-refractivity contribution in [1.82, 2.24) is 9.55 Å². The summed E-state index contributed by atoms with van der Waals surface area (Å²) in [6.07, 6.45) is 0. The fourth-order valence-electron chi connectivity index (χ4n) is 4.12. The van der Waals surface area contributed by atoms with Crippen LogP contribution in [0.25, 0.3) is 11.0 Å². The van der Waals surface area contributed by atoms with Crippen LogP contribution < -0.4 is 9.64 Å². The molecule has 1 aliphatic rings. The molecule has 0 fully saturated rings. The van der Waals surface area contributed by atoms with Crippen LogP contribution in [0, 0.1) is 5.92 Å². The number of carbonyl (C=O) groups is 2. The number of imidazole rings is 1. The number of fused-ring (bicyclic) bond motifs is 3. The number of esters is 1. The van der Waals surface area contributed by atoms with E-state index >= 15 is 0 Å². The van der Waals surface area contributed by atoms with Gasteiger partial charge in [0.15, 0.2) is 17.4 Å². The molecular formula is C23H25N3O6. The zero-order valence-corrected chi connectivity index (χ0v) is 18.1. The molecule has 4 rings (SSSR count). The first-order valence-corrected chi connectivity index (χ1v) is 10.3. The number of para-hydroxylation sites is 2. The molecule has 32 heavy (non-hydrogen) atoms. The van der Waals surface area contributed by atoms with E-state index in [-0.39, 0.29) is 31.3 Å². The van der Waals surface area contributed by atoms with Gasteiger partial charge in [-0.2, -0.15) is 0 Å². The van der Waals surface area contributed by atoms with E-state index in [4.69, 9.17) is 19.2 Å². The summed E-state index contributed by atoms with van der Waals surface area (Å²) in [6.45, 7) is 2.36. The predicted octanol–water partition coefficient (Wildman–Crippen LogP) is 2.51. The Hall–Kier alpha value is -3.59. The summed E-state index contributed by atoms with van der Waals surface area (Å²) in [7, 11) is 2.99. The molecule has 2 heterocycles. The number of amides is 1. The Morgan fingerprint density at radius 3 is 2.69 bits per heavy atom. The molecule has 9 nitrogen and oxygen atoms in total. The van der Waals surface area contributed by atoms with Gasteiger partial charge in [0.1, 0.15) is 0 Å². The Morgan fingerprint density at radius 1 is 1.19 bits per heavy atom. The molecule has 0 aliphatic carbocycles. The van der Waals surface area contributed by atoms with Crippen LogP contribution in [0.4, 0.5) is 5.95 Å². The number of methoxy groups -OCH3 is 2. The summed E-state index contributed by atoms with van der Waals surface area (Å²) >= 11 is 0. The lowest BCUT2D eigenvalue weighted by atomic mass is 9.89. The third kappa shape index (κ3) is 3.54. The summed E-state index contributed by atoms with van der Waals surface area (Å²) in [5.74, 6) is -1.56. The largest absolute Gasteiger partial charge is 0.504 e. The number of hydrogen-bond acceptors (Lipinski definition) is 7. The molecule has 2 aromatic carbocycles. The van der Waals surface area contributed by atoms with Crippen LogP contribution in [0.15, 0.2) is 42.5 Å². The summed E-state index contributed by atoms with van der Waals surface area (Å²) < 4.78 is 17.6. The number of phenols is 1. The summed E-state index contributed by atoms with van der Waals surface area (Å²) in [4.78, 5) is 32.9. The number of aromatic nitrogens is 2. The number of phenolic OH excluding ortho intramolecular Hbond substituents is 1. The number of hydrogen-bond donors (Lipinski definition) is 1. The van der Waals surface area contributed by atoms with E-state index in [1.54, 1.807) is 26.2 Å². The van der Waals surface area contributed by atoms with Gasteiger partial charge in [0.25, 0.3) is 0 Å². The quantitative estimate of drug-likeness (QED) is 0.446. The molecule has 9 heteroatoms. The number of anilines is 1. The minimum absolute atomic E-state index is 0.0384. The summed E-state index contributed by atoms with van der Waals surface area (Å²) in [6, 6.07) is 11.5. The van der Waals surface area contributed by atoms with Crippen molar-refractivity contribution in [3.05, 3.63) is 48.0 Å². The van der Waals surface area contributed by atoms with Gasteiger partial charge < -0.3 is 23.9 Å². The first-order valence-electron chi connectivity index (χ1n) is 10.3. The van der Waals surface area contributed by atoms with E-state index in [1.165, 1.54) is 18.1 Å². The van der Waals surface area contributed by atoms with Gasteiger partial charge in [-0.3, -0.25) is 14.5 Å². The highest BCUT2D eigenvalue weighted by atomic mass is 16.5. The molecular weight excluding hydrogens is 414 g/mol. The molecule has 1 aliphatic heterocycles. The van der Waals surface area contributed by atoms with Crippen molar-refractivity contribution >= 4 is 28.9 Å². The SMILES string of the molecule is CCOC(=O)[C@H]1C(=O)N(CCOC)c2nc3ccccc3n2[C@@H]1c1ccc(O)c(OC)c1. The number of nitrogens with zero attached hydrogens (tertiary/aromatic N) is 3. The van der Waals surface area contributed by atoms with E-state index in [9.17, 15) is 14.7 Å². The van der Waals surface area contributed by atoms with Crippen molar-refractivity contribution in [1.29, 1.82) is 0 Å². The molecule has 1 N–H and O–H groups in total. The normalized spacial score (nSPS) is 18.0. The van der Waals surface area contributed by atoms with Gasteiger partial charge in [-0.05, 0) is 36.8 Å². The van der Waals surface area contributed by atoms with Crippen molar-refractivity contribution in [3.8, 4) is 11.5 Å². The van der Waals surface area contributed by atoms with Crippen molar-refractivity contribution in [2.45, 2.75) is 13.0 Å². The minimum atomic E-state index is -1.15. The molecule has 1 aromatic heterocycles. The molecule has 0 bridgehead atoms. The van der Waals surface area contributed by atoms with Crippen LogP contribution in [-0.4, -0.2) is 60.5 Å². The average Bonchev–Trinajstić information content (AvgIpc) is 3.17. The van der Waals surface area contributed by atoms with E-state index in [0.717, 1.165) is 5.52 Å². The van der Waals surface area contributed by atoms with Gasteiger partial charge in [0, 0.05) is 7.11 Å². The zero-order chi connectivity index (χ0) is 22.8. The lowest BCUT2D eigenvalue weighted by Gasteiger charge is -2.37. The smallest absolute Gasteiger partial charge is 0.321 e. The van der Waals surface area contributed by atoms with E-state index < -0.39 is 23.8 Å². The third-order valence-electron chi connectivity index (χ3n) is 5.55. The molecule has 0 spiro atoms. The Balaban J connectivity index is 1.99. The number of aromatic hydroxyl groups is 1. The Bertz CT molecular complexity index is 1160. The van der Waals surface area contributed by atoms with E-state index in [1.807, 2.05) is 28.8 Å². The summed E-state index contributed by atoms with van der Waals surface area (Å²) in [5.41, 5.74) is 2.07. The molecule has 3 aromatic rings. The van der Waals surface area contributed by atoms with Crippen LogP contribution in [0.2, 0.25) is 0 Å². The first-order chi connectivity index (χ1) is 15.5. The predicted molar refractivity (Wildman–Crippen MR) is 117 cm³/mol. The maximum absolute atomic E-state index is 13.6. The first kappa shape index (κ1) is 21.6. The number of carbonyl (C=O) groups excluding carboxylic acids is 2. The molecule has 0 unspecified atom stereocenters. The molecule has 168 valence electrons. The van der Waals surface area contributed by atoms with Gasteiger partial charge in [-0.1, -0.05) is 18.2 Å². The maximum atomic E-state index is 13.6. The Labute approximate surface area is 185 Å². The van der Waals surface area contributed by atoms with E-state index in [2.05, 4.69) is 0 Å². The second-order valence-electron chi connectivity index (χ2n) is 7.36. The fourth-order valence-corrected chi connectivity index (χ4v) is 4.12. The molecule has 0 saturated carbocycles. The van der Waals surface area contributed by atoms with Crippen molar-refractivity contribution in [3.63, 3.8) is 0 Å². The number of rotatable bonds is 7. The Morgan fingerprint density at radius 2 is 1.97 bits per heavy atom. The highest BCUT2D eigenvalue weighted by molar-refractivity contribution is 6.08. The van der Waals surface area contributed by atoms with Crippen molar-refractivity contribution in [2.75, 3.05) is 38.9 Å². The van der Waals surface area contributed by atoms with Crippen LogP contribution in [0.1, 0.15) is 18.5 Å². The second kappa shape index (κ2) is 8.88. The van der Waals surface area contributed by atoms with Crippen molar-refractivity contribution < 1.29 is 28.9 Å². The highest BCUT2D eigenvalue weighted by Gasteiger charge is 2.47. The highest BCUT2D eigenvalue weighted by Crippen LogP contribution is 2.42. The van der Waals surface area contributed by atoms with Gasteiger partial charge in [0.2, 0.25) is 11.9 Å². The van der Waals surface area contributed by atoms with Crippen LogP contribution in [0.5, 0.6) is 11.5 Å². The monoisotopic (exact) mass is 439 g/mol. The third-order valence-corrected chi connectivity index (χ3v) is 5.55. The van der Waals surface area contributed by atoms with Crippen molar-refractivity contribution in [2.24, 2.45) is 5.92 Å². The minimum Gasteiger partial charge on any atom is -0.504 e. The topological polar surface area (TPSA) is 103 Å². The van der Waals surface area contributed by atoms with Crippen LogP contribution >= 0.6 is 0 Å². The van der Waals surface area contributed by atoms with Gasteiger partial charge in [-0.15, -0.1) is 0 Å². The van der Waals surface area contributed by atoms with E-state index in [0.29, 0.717) is 17.0 Å². The van der Waals surface area contributed by atoms with Crippen LogP contribution in [-0.2, 0) is 19.1 Å². The number of benzene rings is 2. The van der Waals surface area contributed by atoms with Gasteiger partial charge in [0.05, 0.1) is 43.9 Å². The molecule has 1 amide bonds. The van der Waals surface area contributed by atoms with Gasteiger partial charge >= 0.3 is 5.97 Å². The average molecular weight is 439 g/mol. The molecule has 0 radical (unpaired) electrons.